The van der Waals surface area contributed by atoms with Crippen LogP contribution in [0.3, 0.4) is 0 Å². The first-order chi connectivity index (χ1) is 10.7. The predicted octanol–water partition coefficient (Wildman–Crippen LogP) is -0.151. The Hall–Kier alpha value is -3.28. The first kappa shape index (κ1) is 15.1. The van der Waals surface area contributed by atoms with Crippen LogP contribution >= 0.6 is 0 Å². The lowest BCUT2D eigenvalue weighted by molar-refractivity contribution is -0.124. The molecule has 1 aromatic heterocycles. The molecule has 1 amide bonds. The van der Waals surface area contributed by atoms with Crippen LogP contribution in [-0.4, -0.2) is 45.2 Å². The molecular formula is C13H12N6O3. The number of carbonyl (C=O) groups excluding carboxylic acids is 2. The van der Waals surface area contributed by atoms with Gasteiger partial charge in [0.1, 0.15) is 6.33 Å². The summed E-state index contributed by atoms with van der Waals surface area (Å²) in [5, 5.41) is 21.5. The summed E-state index contributed by atoms with van der Waals surface area (Å²) in [5.74, 6) is -1.09. The van der Waals surface area contributed by atoms with Crippen molar-refractivity contribution in [3.05, 3.63) is 36.2 Å². The summed E-state index contributed by atoms with van der Waals surface area (Å²) in [7, 11) is 0. The molecule has 0 aliphatic carbocycles. The SMILES string of the molecule is N#CCCNC(=O)COC(=O)c1cccc(-n2cnnn2)c1. The average molecular weight is 300 g/mol. The van der Waals surface area contributed by atoms with Crippen molar-refractivity contribution in [3.63, 3.8) is 0 Å². The molecule has 9 nitrogen and oxygen atoms in total. The highest BCUT2D eigenvalue weighted by atomic mass is 16.5. The van der Waals surface area contributed by atoms with Gasteiger partial charge < -0.3 is 10.1 Å². The average Bonchev–Trinajstić information content (AvgIpc) is 3.07. The van der Waals surface area contributed by atoms with Crippen LogP contribution < -0.4 is 5.32 Å². The molecule has 2 aromatic rings. The number of hydrogen-bond donors (Lipinski definition) is 1. The molecule has 0 radical (unpaired) electrons. The van der Waals surface area contributed by atoms with Crippen LogP contribution in [0.5, 0.6) is 0 Å². The molecule has 0 aliphatic heterocycles. The Labute approximate surface area is 125 Å². The van der Waals surface area contributed by atoms with Crippen molar-refractivity contribution in [1.29, 1.82) is 5.26 Å². The largest absolute Gasteiger partial charge is 0.452 e. The highest BCUT2D eigenvalue weighted by Crippen LogP contribution is 2.09. The van der Waals surface area contributed by atoms with E-state index in [1.807, 2.05) is 6.07 Å². The third kappa shape index (κ3) is 4.11. The summed E-state index contributed by atoms with van der Waals surface area (Å²) < 4.78 is 6.29. The lowest BCUT2D eigenvalue weighted by Gasteiger charge is -2.06. The van der Waals surface area contributed by atoms with E-state index in [1.54, 1.807) is 24.3 Å². The number of benzene rings is 1. The van der Waals surface area contributed by atoms with Crippen molar-refractivity contribution >= 4 is 11.9 Å². The minimum atomic E-state index is -0.634. The van der Waals surface area contributed by atoms with E-state index in [1.165, 1.54) is 11.0 Å². The highest BCUT2D eigenvalue weighted by Gasteiger charge is 2.11. The molecule has 0 spiro atoms. The number of hydrogen-bond acceptors (Lipinski definition) is 7. The fourth-order valence-corrected chi connectivity index (χ4v) is 1.58. The smallest absolute Gasteiger partial charge is 0.338 e. The Balaban J connectivity index is 1.92. The maximum atomic E-state index is 11.9. The summed E-state index contributed by atoms with van der Waals surface area (Å²) in [6, 6.07) is 8.38. The topological polar surface area (TPSA) is 123 Å². The van der Waals surface area contributed by atoms with Gasteiger partial charge in [0.15, 0.2) is 6.61 Å². The van der Waals surface area contributed by atoms with Gasteiger partial charge in [0.25, 0.3) is 5.91 Å². The zero-order valence-electron chi connectivity index (χ0n) is 11.5. The molecule has 2 rings (SSSR count). The van der Waals surface area contributed by atoms with E-state index in [4.69, 9.17) is 10.00 Å². The van der Waals surface area contributed by atoms with Crippen LogP contribution in [0.1, 0.15) is 16.8 Å². The van der Waals surface area contributed by atoms with Crippen LogP contribution in [0.15, 0.2) is 30.6 Å². The van der Waals surface area contributed by atoms with Crippen LogP contribution in [0.2, 0.25) is 0 Å². The zero-order valence-corrected chi connectivity index (χ0v) is 11.5. The summed E-state index contributed by atoms with van der Waals surface area (Å²) in [4.78, 5) is 23.3. The van der Waals surface area contributed by atoms with Crippen molar-refractivity contribution in [2.75, 3.05) is 13.2 Å². The molecule has 1 heterocycles. The summed E-state index contributed by atoms with van der Waals surface area (Å²) in [6.45, 7) is -0.180. The van der Waals surface area contributed by atoms with E-state index in [0.29, 0.717) is 5.69 Å². The van der Waals surface area contributed by atoms with E-state index in [0.717, 1.165) is 0 Å². The fraction of sp³-hybridized carbons (Fsp3) is 0.231. The standard InChI is InChI=1S/C13H12N6O3/c14-5-2-6-15-12(20)8-22-13(21)10-3-1-4-11(7-10)19-9-16-17-18-19/h1,3-4,7,9H,2,6,8H2,(H,15,20). The van der Waals surface area contributed by atoms with Crippen LogP contribution in [0.4, 0.5) is 0 Å². The predicted molar refractivity (Wildman–Crippen MR) is 72.7 cm³/mol. The van der Waals surface area contributed by atoms with Gasteiger partial charge in [0, 0.05) is 6.54 Å². The lowest BCUT2D eigenvalue weighted by atomic mass is 10.2. The number of nitrogens with zero attached hydrogens (tertiary/aromatic N) is 5. The Kier molecular flexibility index (Phi) is 5.15. The second-order valence-corrected chi connectivity index (χ2v) is 4.14. The van der Waals surface area contributed by atoms with E-state index in [2.05, 4.69) is 20.8 Å². The maximum Gasteiger partial charge on any atom is 0.338 e. The highest BCUT2D eigenvalue weighted by molar-refractivity contribution is 5.91. The Bertz CT molecular complexity index is 692. The van der Waals surface area contributed by atoms with Gasteiger partial charge in [-0.3, -0.25) is 4.79 Å². The van der Waals surface area contributed by atoms with Gasteiger partial charge in [0.05, 0.1) is 23.7 Å². The summed E-state index contributed by atoms with van der Waals surface area (Å²) >= 11 is 0. The van der Waals surface area contributed by atoms with Gasteiger partial charge in [-0.25, -0.2) is 9.48 Å². The Morgan fingerprint density at radius 3 is 3.00 bits per heavy atom. The molecule has 0 aliphatic rings. The van der Waals surface area contributed by atoms with Crippen LogP contribution in [0, 0.1) is 11.3 Å². The van der Waals surface area contributed by atoms with Crippen LogP contribution in [0.25, 0.3) is 5.69 Å². The number of nitriles is 1. The van der Waals surface area contributed by atoms with E-state index in [9.17, 15) is 9.59 Å². The van der Waals surface area contributed by atoms with Gasteiger partial charge in [-0.15, -0.1) is 5.10 Å². The monoisotopic (exact) mass is 300 g/mol. The van der Waals surface area contributed by atoms with Crippen molar-refractivity contribution in [2.24, 2.45) is 0 Å². The number of ether oxygens (including phenoxy) is 1. The van der Waals surface area contributed by atoms with Gasteiger partial charge in [-0.05, 0) is 28.6 Å². The van der Waals surface area contributed by atoms with Crippen molar-refractivity contribution in [1.82, 2.24) is 25.5 Å². The van der Waals surface area contributed by atoms with E-state index < -0.39 is 18.5 Å². The number of nitrogens with one attached hydrogen (secondary N) is 1. The minimum Gasteiger partial charge on any atom is -0.452 e. The number of amides is 1. The summed E-state index contributed by atoms with van der Waals surface area (Å²) in [5.41, 5.74) is 0.871. The van der Waals surface area contributed by atoms with Gasteiger partial charge >= 0.3 is 5.97 Å². The molecule has 1 aromatic carbocycles. The first-order valence-electron chi connectivity index (χ1n) is 6.35. The van der Waals surface area contributed by atoms with Gasteiger partial charge in [0.2, 0.25) is 0 Å². The molecule has 9 heteroatoms. The molecule has 0 unspecified atom stereocenters. The van der Waals surface area contributed by atoms with Gasteiger partial charge in [-0.1, -0.05) is 6.07 Å². The van der Waals surface area contributed by atoms with Crippen LogP contribution in [-0.2, 0) is 9.53 Å². The molecule has 0 saturated carbocycles. The molecule has 0 fully saturated rings. The van der Waals surface area contributed by atoms with Crippen molar-refractivity contribution in [2.45, 2.75) is 6.42 Å². The maximum absolute atomic E-state index is 11.9. The van der Waals surface area contributed by atoms with E-state index in [-0.39, 0.29) is 18.5 Å². The Morgan fingerprint density at radius 1 is 1.41 bits per heavy atom. The normalized spacial score (nSPS) is 9.77. The van der Waals surface area contributed by atoms with Crippen molar-refractivity contribution < 1.29 is 14.3 Å². The quantitative estimate of drug-likeness (QED) is 0.581. The lowest BCUT2D eigenvalue weighted by Crippen LogP contribution is -2.29. The van der Waals surface area contributed by atoms with Crippen molar-refractivity contribution in [3.8, 4) is 11.8 Å². The molecule has 0 saturated heterocycles. The number of carbonyl (C=O) groups is 2. The molecule has 22 heavy (non-hydrogen) atoms. The minimum absolute atomic E-state index is 0.202. The molecule has 0 atom stereocenters. The third-order valence-electron chi connectivity index (χ3n) is 2.59. The number of rotatable bonds is 6. The van der Waals surface area contributed by atoms with Gasteiger partial charge in [-0.2, -0.15) is 5.26 Å². The molecule has 0 bridgehead atoms. The molecule has 112 valence electrons. The zero-order chi connectivity index (χ0) is 15.8. The second kappa shape index (κ2) is 7.49. The number of tetrazole rings is 1. The third-order valence-corrected chi connectivity index (χ3v) is 2.59. The Morgan fingerprint density at radius 2 is 2.27 bits per heavy atom. The molecular weight excluding hydrogens is 288 g/mol. The summed E-state index contributed by atoms with van der Waals surface area (Å²) in [6.07, 6.45) is 1.60. The van der Waals surface area contributed by atoms with E-state index >= 15 is 0 Å². The fourth-order valence-electron chi connectivity index (χ4n) is 1.58. The number of aromatic nitrogens is 4. The number of esters is 1. The molecule has 1 N–H and O–H groups in total. The second-order valence-electron chi connectivity index (χ2n) is 4.14. The first-order valence-corrected chi connectivity index (χ1v) is 6.35.